The van der Waals surface area contributed by atoms with Crippen LogP contribution in [0.2, 0.25) is 0 Å². The van der Waals surface area contributed by atoms with Gasteiger partial charge in [0.25, 0.3) is 0 Å². The van der Waals surface area contributed by atoms with Crippen LogP contribution in [0.5, 0.6) is 0 Å². The smallest absolute Gasteiger partial charge is 0.242 e. The number of nitrogens with two attached hydrogens (primary N) is 1. The summed E-state index contributed by atoms with van der Waals surface area (Å²) < 4.78 is 5.25. The minimum Gasteiger partial charge on any atom is -0.381 e. The van der Waals surface area contributed by atoms with Gasteiger partial charge in [-0.1, -0.05) is 0 Å². The van der Waals surface area contributed by atoms with Crippen LogP contribution in [0.3, 0.4) is 0 Å². The van der Waals surface area contributed by atoms with Gasteiger partial charge in [0.2, 0.25) is 5.91 Å². The van der Waals surface area contributed by atoms with Gasteiger partial charge < -0.3 is 15.4 Å². The van der Waals surface area contributed by atoms with Gasteiger partial charge in [0.1, 0.15) is 0 Å². The predicted molar refractivity (Wildman–Crippen MR) is 57.4 cm³/mol. The molecule has 4 nitrogen and oxygen atoms in total. The van der Waals surface area contributed by atoms with Crippen molar-refractivity contribution in [3.63, 3.8) is 0 Å². The van der Waals surface area contributed by atoms with Crippen molar-refractivity contribution in [3.8, 4) is 0 Å². The molecule has 4 heteroatoms. The lowest BCUT2D eigenvalue weighted by Gasteiger charge is -2.38. The van der Waals surface area contributed by atoms with E-state index in [-0.39, 0.29) is 5.91 Å². The lowest BCUT2D eigenvalue weighted by atomic mass is 9.89. The summed E-state index contributed by atoms with van der Waals surface area (Å²) in [5, 5.41) is 0. The van der Waals surface area contributed by atoms with Crippen molar-refractivity contribution in [3.05, 3.63) is 0 Å². The van der Waals surface area contributed by atoms with E-state index >= 15 is 0 Å². The fourth-order valence-corrected chi connectivity index (χ4v) is 2.36. The number of nitrogens with zero attached hydrogens (tertiary/aromatic N) is 1. The van der Waals surface area contributed by atoms with Gasteiger partial charge in [-0.3, -0.25) is 4.79 Å². The first kappa shape index (κ1) is 10.9. The fourth-order valence-electron chi connectivity index (χ4n) is 2.36. The third-order valence-electron chi connectivity index (χ3n) is 3.45. The Morgan fingerprint density at radius 2 is 1.73 bits per heavy atom. The summed E-state index contributed by atoms with van der Waals surface area (Å²) >= 11 is 0. The molecule has 0 aromatic carbocycles. The average Bonchev–Trinajstić information content (AvgIpc) is 2.30. The Hall–Kier alpha value is -0.610. The van der Waals surface area contributed by atoms with E-state index in [2.05, 4.69) is 0 Å². The van der Waals surface area contributed by atoms with E-state index in [1.165, 1.54) is 6.42 Å². The highest BCUT2D eigenvalue weighted by molar-refractivity contribution is 5.86. The number of ether oxygens (including phenoxy) is 1. The normalized spacial score (nSPS) is 26.3. The van der Waals surface area contributed by atoms with Crippen molar-refractivity contribution >= 4 is 5.91 Å². The maximum Gasteiger partial charge on any atom is 0.242 e. The molecule has 0 spiro atoms. The molecule has 0 atom stereocenters. The molecule has 0 unspecified atom stereocenters. The number of hydrogen-bond donors (Lipinski definition) is 1. The zero-order valence-electron chi connectivity index (χ0n) is 9.21. The SMILES string of the molecule is NC1(C(=O)N2CCCCC2)CCOCC1. The van der Waals surface area contributed by atoms with Crippen LogP contribution in [0.1, 0.15) is 32.1 Å². The quantitative estimate of drug-likeness (QED) is 0.689. The van der Waals surface area contributed by atoms with Crippen molar-refractivity contribution in [2.24, 2.45) is 5.73 Å². The lowest BCUT2D eigenvalue weighted by molar-refractivity contribution is -0.141. The highest BCUT2D eigenvalue weighted by Crippen LogP contribution is 2.22. The number of likely N-dealkylation sites (tertiary alicyclic amines) is 1. The van der Waals surface area contributed by atoms with E-state index in [9.17, 15) is 4.79 Å². The number of carbonyl (C=O) groups excluding carboxylic acids is 1. The second-order valence-corrected chi connectivity index (χ2v) is 4.62. The minimum absolute atomic E-state index is 0.144. The molecule has 2 fully saturated rings. The summed E-state index contributed by atoms with van der Waals surface area (Å²) in [6.45, 7) is 3.02. The first-order valence-corrected chi connectivity index (χ1v) is 5.88. The molecule has 86 valence electrons. The van der Waals surface area contributed by atoms with Crippen molar-refractivity contribution < 1.29 is 9.53 Å². The number of rotatable bonds is 1. The first-order valence-electron chi connectivity index (χ1n) is 5.88. The topological polar surface area (TPSA) is 55.6 Å². The Morgan fingerprint density at radius 1 is 1.13 bits per heavy atom. The highest BCUT2D eigenvalue weighted by Gasteiger charge is 2.38. The van der Waals surface area contributed by atoms with Crippen molar-refractivity contribution in [1.29, 1.82) is 0 Å². The highest BCUT2D eigenvalue weighted by atomic mass is 16.5. The molecule has 2 saturated heterocycles. The van der Waals surface area contributed by atoms with E-state index in [1.54, 1.807) is 0 Å². The van der Waals surface area contributed by atoms with Crippen LogP contribution >= 0.6 is 0 Å². The molecule has 0 aromatic rings. The second kappa shape index (κ2) is 4.49. The number of piperidine rings is 1. The summed E-state index contributed by atoms with van der Waals surface area (Å²) in [6, 6.07) is 0. The summed E-state index contributed by atoms with van der Waals surface area (Å²) in [5.74, 6) is 0.144. The van der Waals surface area contributed by atoms with Crippen LogP contribution in [0.25, 0.3) is 0 Å². The maximum absolute atomic E-state index is 12.2. The molecule has 0 radical (unpaired) electrons. The predicted octanol–water partition coefficient (Wildman–Crippen LogP) is 0.507. The van der Waals surface area contributed by atoms with Crippen molar-refractivity contribution in [2.75, 3.05) is 26.3 Å². The van der Waals surface area contributed by atoms with Gasteiger partial charge >= 0.3 is 0 Å². The van der Waals surface area contributed by atoms with Gasteiger partial charge in [-0.2, -0.15) is 0 Å². The van der Waals surface area contributed by atoms with Gasteiger partial charge in [-0.25, -0.2) is 0 Å². The summed E-state index contributed by atoms with van der Waals surface area (Å²) in [6.07, 6.45) is 4.83. The maximum atomic E-state index is 12.2. The lowest BCUT2D eigenvalue weighted by Crippen LogP contribution is -2.58. The van der Waals surface area contributed by atoms with E-state index < -0.39 is 5.54 Å². The fraction of sp³-hybridized carbons (Fsp3) is 0.909. The zero-order valence-corrected chi connectivity index (χ0v) is 9.21. The molecule has 2 N–H and O–H groups in total. The second-order valence-electron chi connectivity index (χ2n) is 4.62. The summed E-state index contributed by atoms with van der Waals surface area (Å²) in [4.78, 5) is 14.2. The Balaban J connectivity index is 1.98. The number of carbonyl (C=O) groups is 1. The molecular weight excluding hydrogens is 192 g/mol. The van der Waals surface area contributed by atoms with Gasteiger partial charge in [0, 0.05) is 26.3 Å². The van der Waals surface area contributed by atoms with E-state index in [1.807, 2.05) is 4.90 Å². The molecule has 2 rings (SSSR count). The third kappa shape index (κ3) is 2.32. The molecule has 1 amide bonds. The van der Waals surface area contributed by atoms with Gasteiger partial charge in [0.15, 0.2) is 0 Å². The standard InChI is InChI=1S/C11H20N2O2/c12-11(4-8-15-9-5-11)10(14)13-6-2-1-3-7-13/h1-9,12H2. The molecule has 15 heavy (non-hydrogen) atoms. The zero-order chi connectivity index (χ0) is 10.7. The first-order chi connectivity index (χ1) is 7.22. The van der Waals surface area contributed by atoms with Crippen LogP contribution in [-0.2, 0) is 9.53 Å². The van der Waals surface area contributed by atoms with Crippen LogP contribution in [0.15, 0.2) is 0 Å². The van der Waals surface area contributed by atoms with Crippen molar-refractivity contribution in [1.82, 2.24) is 4.90 Å². The summed E-state index contributed by atoms with van der Waals surface area (Å²) in [7, 11) is 0. The van der Waals surface area contributed by atoms with Gasteiger partial charge in [-0.05, 0) is 32.1 Å². The Kier molecular flexibility index (Phi) is 3.26. The van der Waals surface area contributed by atoms with Gasteiger partial charge in [-0.15, -0.1) is 0 Å². The van der Waals surface area contributed by atoms with Crippen LogP contribution in [0, 0.1) is 0 Å². The van der Waals surface area contributed by atoms with Gasteiger partial charge in [0.05, 0.1) is 5.54 Å². The molecule has 0 aliphatic carbocycles. The van der Waals surface area contributed by atoms with E-state index in [4.69, 9.17) is 10.5 Å². The van der Waals surface area contributed by atoms with E-state index in [0.29, 0.717) is 26.1 Å². The van der Waals surface area contributed by atoms with Crippen molar-refractivity contribution in [2.45, 2.75) is 37.6 Å². The molecule has 2 heterocycles. The third-order valence-corrected chi connectivity index (χ3v) is 3.45. The Bertz CT molecular complexity index is 231. The molecule has 2 aliphatic heterocycles. The molecular formula is C11H20N2O2. The Morgan fingerprint density at radius 3 is 2.33 bits per heavy atom. The van der Waals surface area contributed by atoms with Crippen LogP contribution in [-0.4, -0.2) is 42.6 Å². The molecule has 0 aromatic heterocycles. The Labute approximate surface area is 90.8 Å². The monoisotopic (exact) mass is 212 g/mol. The largest absolute Gasteiger partial charge is 0.381 e. The molecule has 0 bridgehead atoms. The van der Waals surface area contributed by atoms with Crippen LogP contribution < -0.4 is 5.73 Å². The van der Waals surface area contributed by atoms with Crippen LogP contribution in [0.4, 0.5) is 0 Å². The average molecular weight is 212 g/mol. The number of hydrogen-bond acceptors (Lipinski definition) is 3. The number of amides is 1. The van der Waals surface area contributed by atoms with E-state index in [0.717, 1.165) is 25.9 Å². The molecule has 2 aliphatic rings. The molecule has 0 saturated carbocycles. The summed E-state index contributed by atoms with van der Waals surface area (Å²) in [5.41, 5.74) is 5.52. The minimum atomic E-state index is -0.643.